The Morgan fingerprint density at radius 3 is 2.76 bits per heavy atom. The minimum Gasteiger partial charge on any atom is -0.398 e. The molecule has 0 aliphatic carbocycles. The molecule has 1 aliphatic rings. The summed E-state index contributed by atoms with van der Waals surface area (Å²) in [5.41, 5.74) is 12.9. The van der Waals surface area contributed by atoms with Gasteiger partial charge in [0.05, 0.1) is 5.52 Å². The SMILES string of the molecule is Cc1cc(N2Cc3cccc(N)c3C2)c2ccccc2n1. The number of benzene rings is 2. The van der Waals surface area contributed by atoms with Crippen LogP contribution in [0.5, 0.6) is 0 Å². The third kappa shape index (κ3) is 1.93. The molecule has 1 aliphatic heterocycles. The second kappa shape index (κ2) is 4.48. The Labute approximate surface area is 124 Å². The predicted molar refractivity (Wildman–Crippen MR) is 87.2 cm³/mol. The second-order valence-corrected chi connectivity index (χ2v) is 5.64. The molecule has 2 N–H and O–H groups in total. The van der Waals surface area contributed by atoms with Crippen LogP contribution in [0.25, 0.3) is 10.9 Å². The number of hydrogen-bond donors (Lipinski definition) is 1. The van der Waals surface area contributed by atoms with Gasteiger partial charge in [0, 0.05) is 35.5 Å². The summed E-state index contributed by atoms with van der Waals surface area (Å²) in [7, 11) is 0. The highest BCUT2D eigenvalue weighted by atomic mass is 15.1. The fourth-order valence-electron chi connectivity index (χ4n) is 3.17. The average molecular weight is 275 g/mol. The van der Waals surface area contributed by atoms with Crippen LogP contribution < -0.4 is 10.6 Å². The number of rotatable bonds is 1. The highest BCUT2D eigenvalue weighted by molar-refractivity contribution is 5.92. The van der Waals surface area contributed by atoms with Crippen LogP contribution in [0.4, 0.5) is 11.4 Å². The Kier molecular flexibility index (Phi) is 2.61. The van der Waals surface area contributed by atoms with Crippen molar-refractivity contribution in [1.29, 1.82) is 0 Å². The minimum absolute atomic E-state index is 0.870. The van der Waals surface area contributed by atoms with Crippen molar-refractivity contribution in [2.24, 2.45) is 0 Å². The Bertz CT molecular complexity index is 839. The Hall–Kier alpha value is -2.55. The number of anilines is 2. The van der Waals surface area contributed by atoms with Gasteiger partial charge >= 0.3 is 0 Å². The molecule has 0 radical (unpaired) electrons. The van der Waals surface area contributed by atoms with Gasteiger partial charge in [-0.05, 0) is 36.2 Å². The molecule has 104 valence electrons. The summed E-state index contributed by atoms with van der Waals surface area (Å²) in [6.45, 7) is 3.83. The third-order valence-electron chi connectivity index (χ3n) is 4.18. The summed E-state index contributed by atoms with van der Waals surface area (Å²) in [5, 5.41) is 1.20. The van der Waals surface area contributed by atoms with E-state index < -0.39 is 0 Å². The lowest BCUT2D eigenvalue weighted by Gasteiger charge is -2.20. The normalized spacial score (nSPS) is 13.7. The van der Waals surface area contributed by atoms with Gasteiger partial charge in [0.2, 0.25) is 0 Å². The molecule has 0 saturated heterocycles. The monoisotopic (exact) mass is 275 g/mol. The summed E-state index contributed by atoms with van der Waals surface area (Å²) in [4.78, 5) is 7.01. The lowest BCUT2D eigenvalue weighted by molar-refractivity contribution is 0.883. The van der Waals surface area contributed by atoms with Crippen LogP contribution in [0.1, 0.15) is 16.8 Å². The van der Waals surface area contributed by atoms with Crippen molar-refractivity contribution in [1.82, 2.24) is 4.98 Å². The lowest BCUT2D eigenvalue weighted by atomic mass is 10.1. The van der Waals surface area contributed by atoms with Crippen LogP contribution >= 0.6 is 0 Å². The Balaban J connectivity index is 1.84. The van der Waals surface area contributed by atoms with E-state index in [1.807, 2.05) is 25.1 Å². The van der Waals surface area contributed by atoms with Crippen molar-refractivity contribution in [3.8, 4) is 0 Å². The Morgan fingerprint density at radius 2 is 1.90 bits per heavy atom. The van der Waals surface area contributed by atoms with E-state index in [0.29, 0.717) is 0 Å². The van der Waals surface area contributed by atoms with E-state index in [0.717, 1.165) is 30.0 Å². The van der Waals surface area contributed by atoms with E-state index in [4.69, 9.17) is 5.73 Å². The molecular formula is C18H17N3. The maximum Gasteiger partial charge on any atom is 0.0726 e. The van der Waals surface area contributed by atoms with Crippen LogP contribution in [-0.4, -0.2) is 4.98 Å². The first kappa shape index (κ1) is 12.2. The average Bonchev–Trinajstić information content (AvgIpc) is 2.92. The van der Waals surface area contributed by atoms with Gasteiger partial charge in [0.1, 0.15) is 0 Å². The highest BCUT2D eigenvalue weighted by Crippen LogP contribution is 2.35. The van der Waals surface area contributed by atoms with Gasteiger partial charge in [-0.15, -0.1) is 0 Å². The molecule has 2 heterocycles. The second-order valence-electron chi connectivity index (χ2n) is 5.64. The summed E-state index contributed by atoms with van der Waals surface area (Å²) in [6.07, 6.45) is 0. The molecule has 0 saturated carbocycles. The first-order valence-corrected chi connectivity index (χ1v) is 7.20. The maximum atomic E-state index is 6.12. The number of pyridine rings is 1. The van der Waals surface area contributed by atoms with E-state index in [1.54, 1.807) is 0 Å². The zero-order valence-electron chi connectivity index (χ0n) is 12.0. The van der Waals surface area contributed by atoms with E-state index >= 15 is 0 Å². The quantitative estimate of drug-likeness (QED) is 0.689. The van der Waals surface area contributed by atoms with E-state index in [9.17, 15) is 0 Å². The number of nitrogens with zero attached hydrogens (tertiary/aromatic N) is 2. The molecule has 0 unspecified atom stereocenters. The van der Waals surface area contributed by atoms with Gasteiger partial charge in [-0.1, -0.05) is 30.3 Å². The van der Waals surface area contributed by atoms with Crippen LogP contribution in [0.2, 0.25) is 0 Å². The van der Waals surface area contributed by atoms with Crippen molar-refractivity contribution >= 4 is 22.3 Å². The van der Waals surface area contributed by atoms with Gasteiger partial charge in [0.15, 0.2) is 0 Å². The van der Waals surface area contributed by atoms with Gasteiger partial charge in [-0.3, -0.25) is 4.98 Å². The molecule has 0 amide bonds. The Morgan fingerprint density at radius 1 is 1.05 bits per heavy atom. The number of nitrogens with two attached hydrogens (primary N) is 1. The first-order valence-electron chi connectivity index (χ1n) is 7.20. The summed E-state index contributed by atoms with van der Waals surface area (Å²) >= 11 is 0. The van der Waals surface area contributed by atoms with Crippen LogP contribution in [0, 0.1) is 6.92 Å². The molecule has 0 spiro atoms. The zero-order chi connectivity index (χ0) is 14.4. The van der Waals surface area contributed by atoms with Crippen molar-refractivity contribution in [3.05, 3.63) is 65.4 Å². The van der Waals surface area contributed by atoms with Crippen molar-refractivity contribution < 1.29 is 0 Å². The number of fused-ring (bicyclic) bond motifs is 2. The molecule has 3 nitrogen and oxygen atoms in total. The van der Waals surface area contributed by atoms with Crippen molar-refractivity contribution in [3.63, 3.8) is 0 Å². The topological polar surface area (TPSA) is 42.1 Å². The molecule has 2 aromatic carbocycles. The van der Waals surface area contributed by atoms with Gasteiger partial charge in [-0.2, -0.15) is 0 Å². The summed E-state index contributed by atoms with van der Waals surface area (Å²) in [6, 6.07) is 16.7. The number of hydrogen-bond acceptors (Lipinski definition) is 3. The third-order valence-corrected chi connectivity index (χ3v) is 4.18. The molecule has 3 aromatic rings. The molecule has 4 rings (SSSR count). The van der Waals surface area contributed by atoms with Crippen molar-refractivity contribution in [2.45, 2.75) is 20.0 Å². The molecule has 0 fully saturated rings. The number of aryl methyl sites for hydroxylation is 1. The standard InChI is InChI=1S/C18H17N3/c1-12-9-18(14-6-2-3-8-17(14)20-12)21-10-13-5-4-7-16(19)15(13)11-21/h2-9H,10-11,19H2,1H3. The fourth-order valence-corrected chi connectivity index (χ4v) is 3.17. The van der Waals surface area contributed by atoms with Crippen LogP contribution in [-0.2, 0) is 13.1 Å². The minimum atomic E-state index is 0.870. The summed E-state index contributed by atoms with van der Waals surface area (Å²) < 4.78 is 0. The van der Waals surface area contributed by atoms with Crippen molar-refractivity contribution in [2.75, 3.05) is 10.6 Å². The first-order chi connectivity index (χ1) is 10.2. The summed E-state index contributed by atoms with van der Waals surface area (Å²) in [5.74, 6) is 0. The number of nitrogen functional groups attached to an aromatic ring is 1. The van der Waals surface area contributed by atoms with Crippen LogP contribution in [0.3, 0.4) is 0 Å². The van der Waals surface area contributed by atoms with E-state index in [1.165, 1.54) is 22.2 Å². The number of para-hydroxylation sites is 1. The molecule has 3 heteroatoms. The van der Waals surface area contributed by atoms with Crippen LogP contribution in [0.15, 0.2) is 48.5 Å². The maximum absolute atomic E-state index is 6.12. The molecule has 1 aromatic heterocycles. The molecule has 21 heavy (non-hydrogen) atoms. The molecular weight excluding hydrogens is 258 g/mol. The number of aromatic nitrogens is 1. The van der Waals surface area contributed by atoms with E-state index in [2.05, 4.69) is 40.2 Å². The van der Waals surface area contributed by atoms with Gasteiger partial charge in [0.25, 0.3) is 0 Å². The highest BCUT2D eigenvalue weighted by Gasteiger charge is 2.22. The zero-order valence-corrected chi connectivity index (χ0v) is 12.0. The smallest absolute Gasteiger partial charge is 0.0726 e. The van der Waals surface area contributed by atoms with Gasteiger partial charge < -0.3 is 10.6 Å². The van der Waals surface area contributed by atoms with E-state index in [-0.39, 0.29) is 0 Å². The molecule has 0 atom stereocenters. The largest absolute Gasteiger partial charge is 0.398 e. The fraction of sp³-hybridized carbons (Fsp3) is 0.167. The van der Waals surface area contributed by atoms with Gasteiger partial charge in [-0.25, -0.2) is 0 Å². The lowest BCUT2D eigenvalue weighted by Crippen LogP contribution is -2.15. The predicted octanol–water partition coefficient (Wildman–Crippen LogP) is 3.65. The molecule has 0 bridgehead atoms.